The highest BCUT2D eigenvalue weighted by Crippen LogP contribution is 2.20. The zero-order chi connectivity index (χ0) is 12.1. The van der Waals surface area contributed by atoms with Crippen LogP contribution in [0.15, 0.2) is 18.3 Å². The molecule has 1 unspecified atom stereocenters. The van der Waals surface area contributed by atoms with Crippen LogP contribution in [0.25, 0.3) is 0 Å². The van der Waals surface area contributed by atoms with Gasteiger partial charge in [0.2, 0.25) is 0 Å². The number of hydrogen-bond donors (Lipinski definition) is 1. The molecule has 2 heterocycles. The molecular weight excluding hydrogens is 210 g/mol. The molecule has 1 fully saturated rings. The molecule has 3 heteroatoms. The van der Waals surface area contributed by atoms with E-state index < -0.39 is 0 Å². The van der Waals surface area contributed by atoms with Gasteiger partial charge < -0.3 is 5.73 Å². The molecule has 17 heavy (non-hydrogen) atoms. The number of likely N-dealkylation sites (tertiary alicyclic amines) is 1. The first-order valence-electron chi connectivity index (χ1n) is 6.68. The van der Waals surface area contributed by atoms with Crippen LogP contribution in [-0.2, 0) is 13.1 Å². The third kappa shape index (κ3) is 3.51. The summed E-state index contributed by atoms with van der Waals surface area (Å²) in [7, 11) is 0. The van der Waals surface area contributed by atoms with Crippen LogP contribution in [0.3, 0.4) is 0 Å². The summed E-state index contributed by atoms with van der Waals surface area (Å²) in [5.41, 5.74) is 7.96. The Kier molecular flexibility index (Phi) is 4.51. The second-order valence-electron chi connectivity index (χ2n) is 5.01. The minimum Gasteiger partial charge on any atom is -0.325 e. The second-order valence-corrected chi connectivity index (χ2v) is 5.01. The molecule has 94 valence electrons. The predicted molar refractivity (Wildman–Crippen MR) is 70.4 cm³/mol. The number of piperidine rings is 1. The van der Waals surface area contributed by atoms with Gasteiger partial charge in [0.25, 0.3) is 0 Å². The second kappa shape index (κ2) is 6.12. The van der Waals surface area contributed by atoms with Crippen molar-refractivity contribution in [2.24, 2.45) is 11.7 Å². The number of nitrogens with two attached hydrogens (primary N) is 1. The first-order valence-corrected chi connectivity index (χ1v) is 6.68. The lowest BCUT2D eigenvalue weighted by Crippen LogP contribution is -2.34. The van der Waals surface area contributed by atoms with E-state index in [1.165, 1.54) is 37.9 Å². The van der Waals surface area contributed by atoms with E-state index in [0.717, 1.165) is 18.2 Å². The Morgan fingerprint density at radius 2 is 2.41 bits per heavy atom. The van der Waals surface area contributed by atoms with Gasteiger partial charge in [0.15, 0.2) is 0 Å². The molecule has 3 nitrogen and oxygen atoms in total. The van der Waals surface area contributed by atoms with Gasteiger partial charge in [0.05, 0.1) is 5.69 Å². The van der Waals surface area contributed by atoms with Gasteiger partial charge in [0.1, 0.15) is 0 Å². The quantitative estimate of drug-likeness (QED) is 0.866. The third-order valence-corrected chi connectivity index (χ3v) is 3.68. The van der Waals surface area contributed by atoms with Crippen molar-refractivity contribution >= 4 is 0 Å². The van der Waals surface area contributed by atoms with E-state index in [4.69, 9.17) is 5.73 Å². The van der Waals surface area contributed by atoms with Gasteiger partial charge in [-0.05, 0) is 43.0 Å². The molecule has 0 bridgehead atoms. The fourth-order valence-corrected chi connectivity index (χ4v) is 2.62. The summed E-state index contributed by atoms with van der Waals surface area (Å²) in [6.07, 6.45) is 5.92. The molecule has 1 saturated heterocycles. The Balaban J connectivity index is 1.95. The van der Waals surface area contributed by atoms with Gasteiger partial charge in [-0.15, -0.1) is 0 Å². The van der Waals surface area contributed by atoms with Crippen molar-refractivity contribution in [1.29, 1.82) is 0 Å². The van der Waals surface area contributed by atoms with Crippen LogP contribution in [0.1, 0.15) is 37.4 Å². The molecule has 2 rings (SSSR count). The lowest BCUT2D eigenvalue weighted by Gasteiger charge is -2.32. The largest absolute Gasteiger partial charge is 0.325 e. The first kappa shape index (κ1) is 12.5. The molecule has 0 amide bonds. The number of aromatic nitrogens is 1. The van der Waals surface area contributed by atoms with E-state index in [9.17, 15) is 0 Å². The van der Waals surface area contributed by atoms with Crippen molar-refractivity contribution in [2.75, 3.05) is 13.1 Å². The summed E-state index contributed by atoms with van der Waals surface area (Å²) in [5.74, 6) is 0.888. The highest BCUT2D eigenvalue weighted by Gasteiger charge is 2.18. The summed E-state index contributed by atoms with van der Waals surface area (Å²) in [5, 5.41) is 0. The van der Waals surface area contributed by atoms with Gasteiger partial charge in [-0.1, -0.05) is 13.3 Å². The smallest absolute Gasteiger partial charge is 0.0542 e. The van der Waals surface area contributed by atoms with Crippen LogP contribution >= 0.6 is 0 Å². The maximum absolute atomic E-state index is 5.62. The Morgan fingerprint density at radius 3 is 3.18 bits per heavy atom. The number of pyridine rings is 1. The maximum Gasteiger partial charge on any atom is 0.0542 e. The molecule has 1 aromatic heterocycles. The van der Waals surface area contributed by atoms with Crippen molar-refractivity contribution in [3.05, 3.63) is 29.6 Å². The Bertz CT molecular complexity index is 351. The topological polar surface area (TPSA) is 42.2 Å². The number of nitrogens with zero attached hydrogens (tertiary/aromatic N) is 2. The summed E-state index contributed by atoms with van der Waals surface area (Å²) < 4.78 is 0. The molecule has 2 N–H and O–H groups in total. The molecule has 0 aliphatic carbocycles. The summed E-state index contributed by atoms with van der Waals surface area (Å²) in [6, 6.07) is 4.24. The molecule has 0 radical (unpaired) electrons. The SMILES string of the molecule is CCC1CCCN(Cc2ccnc(CN)c2)C1. The molecule has 0 spiro atoms. The molecular formula is C14H23N3. The van der Waals surface area contributed by atoms with Gasteiger partial charge >= 0.3 is 0 Å². The Morgan fingerprint density at radius 1 is 1.53 bits per heavy atom. The minimum atomic E-state index is 0.533. The lowest BCUT2D eigenvalue weighted by molar-refractivity contribution is 0.164. The van der Waals surface area contributed by atoms with Gasteiger partial charge in [0, 0.05) is 25.8 Å². The Labute approximate surface area is 104 Å². The van der Waals surface area contributed by atoms with E-state index >= 15 is 0 Å². The van der Waals surface area contributed by atoms with Crippen molar-refractivity contribution in [1.82, 2.24) is 9.88 Å². The average Bonchev–Trinajstić information content (AvgIpc) is 2.39. The van der Waals surface area contributed by atoms with Crippen molar-refractivity contribution in [3.63, 3.8) is 0 Å². The molecule has 1 aromatic rings. The Hall–Kier alpha value is -0.930. The van der Waals surface area contributed by atoms with Crippen molar-refractivity contribution in [2.45, 2.75) is 39.3 Å². The molecule has 1 aliphatic rings. The van der Waals surface area contributed by atoms with Gasteiger partial charge in [-0.3, -0.25) is 9.88 Å². The monoisotopic (exact) mass is 233 g/mol. The van der Waals surface area contributed by atoms with Crippen LogP contribution in [0.4, 0.5) is 0 Å². The van der Waals surface area contributed by atoms with Crippen LogP contribution < -0.4 is 5.73 Å². The predicted octanol–water partition coefficient (Wildman–Crippen LogP) is 2.16. The average molecular weight is 233 g/mol. The van der Waals surface area contributed by atoms with Crippen molar-refractivity contribution < 1.29 is 0 Å². The molecule has 0 aromatic carbocycles. The van der Waals surface area contributed by atoms with Crippen LogP contribution in [-0.4, -0.2) is 23.0 Å². The van der Waals surface area contributed by atoms with Gasteiger partial charge in [-0.25, -0.2) is 0 Å². The van der Waals surface area contributed by atoms with E-state index in [1.807, 2.05) is 6.20 Å². The van der Waals surface area contributed by atoms with Gasteiger partial charge in [-0.2, -0.15) is 0 Å². The maximum atomic E-state index is 5.62. The number of hydrogen-bond acceptors (Lipinski definition) is 3. The van der Waals surface area contributed by atoms with Crippen LogP contribution in [0.2, 0.25) is 0 Å². The highest BCUT2D eigenvalue weighted by molar-refractivity contribution is 5.16. The fourth-order valence-electron chi connectivity index (χ4n) is 2.62. The standard InChI is InChI=1S/C14H23N3/c1-2-12-4-3-7-17(10-12)11-13-5-6-16-14(8-13)9-15/h5-6,8,12H,2-4,7,9-11,15H2,1H3. The van der Waals surface area contributed by atoms with E-state index in [2.05, 4.69) is 28.9 Å². The van der Waals surface area contributed by atoms with E-state index in [-0.39, 0.29) is 0 Å². The summed E-state index contributed by atoms with van der Waals surface area (Å²) >= 11 is 0. The summed E-state index contributed by atoms with van der Waals surface area (Å²) in [4.78, 5) is 6.80. The lowest BCUT2D eigenvalue weighted by atomic mass is 9.95. The van der Waals surface area contributed by atoms with E-state index in [0.29, 0.717) is 6.54 Å². The molecule has 0 saturated carbocycles. The van der Waals surface area contributed by atoms with Crippen molar-refractivity contribution in [3.8, 4) is 0 Å². The van der Waals surface area contributed by atoms with E-state index in [1.54, 1.807) is 0 Å². The zero-order valence-corrected chi connectivity index (χ0v) is 10.7. The van der Waals surface area contributed by atoms with Crippen LogP contribution in [0.5, 0.6) is 0 Å². The number of rotatable bonds is 4. The first-order chi connectivity index (χ1) is 8.31. The fraction of sp³-hybridized carbons (Fsp3) is 0.643. The minimum absolute atomic E-state index is 0.533. The highest BCUT2D eigenvalue weighted by atomic mass is 15.1. The molecule has 1 atom stereocenters. The summed E-state index contributed by atoms with van der Waals surface area (Å²) in [6.45, 7) is 6.36. The van der Waals surface area contributed by atoms with Crippen LogP contribution in [0, 0.1) is 5.92 Å². The normalized spacial score (nSPS) is 21.6. The molecule has 1 aliphatic heterocycles. The zero-order valence-electron chi connectivity index (χ0n) is 10.7. The third-order valence-electron chi connectivity index (χ3n) is 3.68.